The van der Waals surface area contributed by atoms with Crippen LogP contribution < -0.4 is 10.6 Å². The molecule has 0 aromatic heterocycles. The zero-order valence-corrected chi connectivity index (χ0v) is 23.0. The van der Waals surface area contributed by atoms with E-state index in [4.69, 9.17) is 11.6 Å². The van der Waals surface area contributed by atoms with Crippen molar-refractivity contribution >= 4 is 43.3 Å². The van der Waals surface area contributed by atoms with Crippen molar-refractivity contribution < 1.29 is 26.4 Å². The third-order valence-electron chi connectivity index (χ3n) is 6.25. The van der Waals surface area contributed by atoms with Crippen molar-refractivity contribution in [3.05, 3.63) is 62.1 Å². The quantitative estimate of drug-likeness (QED) is 0.401. The van der Waals surface area contributed by atoms with Crippen molar-refractivity contribution in [1.82, 2.24) is 15.5 Å². The van der Waals surface area contributed by atoms with Gasteiger partial charge in [0.1, 0.15) is 0 Å². The topological polar surface area (TPSA) is 78.5 Å². The minimum Gasteiger partial charge on any atom is -0.348 e. The molecule has 12 heteroatoms. The van der Waals surface area contributed by atoms with E-state index in [2.05, 4.69) is 26.6 Å². The highest BCUT2D eigenvalue weighted by Gasteiger charge is 2.29. The fourth-order valence-electron chi connectivity index (χ4n) is 4.20. The number of alkyl halides is 3. The van der Waals surface area contributed by atoms with Crippen LogP contribution in [0.4, 0.5) is 13.2 Å². The molecule has 0 radical (unpaired) electrons. The van der Waals surface area contributed by atoms with Crippen LogP contribution in [0.5, 0.6) is 0 Å². The minimum atomic E-state index is -3.57. The summed E-state index contributed by atoms with van der Waals surface area (Å²) in [7, 11) is -1.73. The van der Waals surface area contributed by atoms with Gasteiger partial charge in [0.25, 0.3) is 12.3 Å². The maximum Gasteiger partial charge on any atom is 0.273 e. The van der Waals surface area contributed by atoms with Gasteiger partial charge in [0.2, 0.25) is 0 Å². The van der Waals surface area contributed by atoms with Crippen molar-refractivity contribution in [3.63, 3.8) is 0 Å². The number of likely N-dealkylation sites (N-methyl/N-ethyl adjacent to an activating group) is 1. The van der Waals surface area contributed by atoms with Gasteiger partial charge in [0.05, 0.1) is 10.6 Å². The van der Waals surface area contributed by atoms with E-state index < -0.39 is 28.3 Å². The van der Waals surface area contributed by atoms with Gasteiger partial charge in [-0.3, -0.25) is 9.69 Å². The van der Waals surface area contributed by atoms with E-state index in [0.717, 1.165) is 19.0 Å². The Morgan fingerprint density at radius 3 is 2.58 bits per heavy atom. The lowest BCUT2D eigenvalue weighted by Gasteiger charge is -2.22. The van der Waals surface area contributed by atoms with Gasteiger partial charge in [-0.1, -0.05) is 34.5 Å². The average molecular weight is 611 g/mol. The maximum absolute atomic E-state index is 14.7. The van der Waals surface area contributed by atoms with Crippen molar-refractivity contribution in [2.24, 2.45) is 0 Å². The zero-order valence-electron chi connectivity index (χ0n) is 19.8. The van der Waals surface area contributed by atoms with Gasteiger partial charge in [0, 0.05) is 47.3 Å². The largest absolute Gasteiger partial charge is 0.348 e. The number of likely N-dealkylation sites (tertiary alicyclic amines) is 1. The summed E-state index contributed by atoms with van der Waals surface area (Å²) in [6.45, 7) is 3.01. The Balaban J connectivity index is 1.88. The van der Waals surface area contributed by atoms with Crippen LogP contribution in [0.1, 0.15) is 46.6 Å². The Labute approximate surface area is 222 Å². The summed E-state index contributed by atoms with van der Waals surface area (Å²) in [5.74, 6) is -0.800. The van der Waals surface area contributed by atoms with Gasteiger partial charge in [-0.15, -0.1) is 0 Å². The van der Waals surface area contributed by atoms with E-state index in [1.807, 2.05) is 11.9 Å². The van der Waals surface area contributed by atoms with E-state index in [-0.39, 0.29) is 46.5 Å². The first-order valence-corrected chi connectivity index (χ1v) is 14.2. The molecule has 6 nitrogen and oxygen atoms in total. The lowest BCUT2D eigenvalue weighted by Crippen LogP contribution is -2.30. The molecule has 0 saturated carbocycles. The standard InChI is InChI=1S/C24H28BrClF3N3O3S/c1-3-36(34,35)21-5-4-16(26)8-15(21)11-31-24(33)14-9-18(22(27)23(28)29)19(20(25)10-14)13-32-7-6-17(12-32)30-2/h4-5,8-10,17,22-23,30H,3,6-7,11-13H2,1-2H3,(H,31,33)/t17-,22?/m0/s1. The predicted octanol–water partition coefficient (Wildman–Crippen LogP) is 4.90. The summed E-state index contributed by atoms with van der Waals surface area (Å²) < 4.78 is 66.6. The van der Waals surface area contributed by atoms with Gasteiger partial charge in [0.15, 0.2) is 16.0 Å². The van der Waals surface area contributed by atoms with Gasteiger partial charge in [-0.25, -0.2) is 21.6 Å². The molecule has 1 aliphatic heterocycles. The van der Waals surface area contributed by atoms with E-state index in [0.29, 0.717) is 21.6 Å². The molecule has 36 heavy (non-hydrogen) atoms. The molecule has 1 amide bonds. The number of amides is 1. The summed E-state index contributed by atoms with van der Waals surface area (Å²) >= 11 is 9.36. The number of sulfone groups is 1. The first-order valence-electron chi connectivity index (χ1n) is 11.4. The molecule has 1 unspecified atom stereocenters. The molecule has 0 aliphatic carbocycles. The van der Waals surface area contributed by atoms with E-state index in [1.54, 1.807) is 0 Å². The molecule has 1 fully saturated rings. The Kier molecular flexibility index (Phi) is 9.84. The smallest absolute Gasteiger partial charge is 0.273 e. The van der Waals surface area contributed by atoms with Crippen LogP contribution in [-0.2, 0) is 22.9 Å². The lowest BCUT2D eigenvalue weighted by atomic mass is 9.99. The number of carbonyl (C=O) groups excluding carboxylic acids is 1. The lowest BCUT2D eigenvalue weighted by molar-refractivity contribution is 0.0486. The molecular formula is C24H28BrClF3N3O3S. The summed E-state index contributed by atoms with van der Waals surface area (Å²) in [6.07, 6.45) is -4.94. The number of carbonyl (C=O) groups is 1. The molecule has 198 valence electrons. The second-order valence-electron chi connectivity index (χ2n) is 8.61. The van der Waals surface area contributed by atoms with Gasteiger partial charge in [-0.2, -0.15) is 0 Å². The Morgan fingerprint density at radius 1 is 1.25 bits per heavy atom. The van der Waals surface area contributed by atoms with Crippen molar-refractivity contribution in [2.45, 2.75) is 50.0 Å². The molecule has 3 rings (SSSR count). The SMILES string of the molecule is CCS(=O)(=O)c1ccc(Cl)cc1CNC(=O)c1cc(Br)c(CN2CC[C@H](NC)C2)c(C(F)C(F)F)c1. The van der Waals surface area contributed by atoms with Crippen LogP contribution >= 0.6 is 27.5 Å². The van der Waals surface area contributed by atoms with Crippen LogP contribution in [0.3, 0.4) is 0 Å². The number of nitrogens with zero attached hydrogens (tertiary/aromatic N) is 1. The molecule has 0 spiro atoms. The highest BCUT2D eigenvalue weighted by Crippen LogP contribution is 2.34. The van der Waals surface area contributed by atoms with Gasteiger partial charge in [-0.05, 0) is 60.5 Å². The summed E-state index contributed by atoms with van der Waals surface area (Å²) in [6, 6.07) is 7.13. The number of hydrogen-bond donors (Lipinski definition) is 2. The van der Waals surface area contributed by atoms with E-state index >= 15 is 0 Å². The molecule has 2 aromatic carbocycles. The minimum absolute atomic E-state index is 0.0274. The summed E-state index contributed by atoms with van der Waals surface area (Å²) in [4.78, 5) is 15.0. The van der Waals surface area contributed by atoms with Crippen molar-refractivity contribution in [1.29, 1.82) is 0 Å². The van der Waals surface area contributed by atoms with Crippen LogP contribution in [0.15, 0.2) is 39.7 Å². The van der Waals surface area contributed by atoms with Gasteiger partial charge >= 0.3 is 0 Å². The third kappa shape index (κ3) is 6.80. The second kappa shape index (κ2) is 12.3. The fourth-order valence-corrected chi connectivity index (χ4v) is 6.11. The van der Waals surface area contributed by atoms with Crippen molar-refractivity contribution in [3.8, 4) is 0 Å². The monoisotopic (exact) mass is 609 g/mol. The van der Waals surface area contributed by atoms with Crippen LogP contribution in [0, 0.1) is 0 Å². The number of benzene rings is 2. The maximum atomic E-state index is 14.7. The molecule has 1 heterocycles. The number of halogens is 5. The number of rotatable bonds is 10. The summed E-state index contributed by atoms with van der Waals surface area (Å²) in [5.41, 5.74) is 0.370. The normalized spacial score (nSPS) is 17.5. The Bertz CT molecular complexity index is 1220. The van der Waals surface area contributed by atoms with Crippen molar-refractivity contribution in [2.75, 3.05) is 25.9 Å². The summed E-state index contributed by atoms with van der Waals surface area (Å²) in [5, 5.41) is 6.07. The van der Waals surface area contributed by atoms with Crippen LogP contribution in [0.2, 0.25) is 5.02 Å². The first kappa shape index (κ1) is 28.9. The molecule has 1 saturated heterocycles. The molecule has 1 aliphatic rings. The highest BCUT2D eigenvalue weighted by molar-refractivity contribution is 9.10. The van der Waals surface area contributed by atoms with Crippen LogP contribution in [0.25, 0.3) is 0 Å². The Morgan fingerprint density at radius 2 is 1.97 bits per heavy atom. The molecule has 2 aromatic rings. The first-order chi connectivity index (χ1) is 17.0. The fraction of sp³-hybridized carbons (Fsp3) is 0.458. The Hall–Kier alpha value is -1.66. The predicted molar refractivity (Wildman–Crippen MR) is 137 cm³/mol. The number of nitrogens with one attached hydrogen (secondary N) is 2. The van der Waals surface area contributed by atoms with E-state index in [9.17, 15) is 26.4 Å². The van der Waals surface area contributed by atoms with Gasteiger partial charge < -0.3 is 10.6 Å². The third-order valence-corrected chi connectivity index (χ3v) is 9.02. The number of hydrogen-bond acceptors (Lipinski definition) is 5. The zero-order chi connectivity index (χ0) is 26.6. The highest BCUT2D eigenvalue weighted by atomic mass is 79.9. The van der Waals surface area contributed by atoms with E-state index in [1.165, 1.54) is 31.2 Å². The molecule has 2 N–H and O–H groups in total. The molecule has 2 atom stereocenters. The van der Waals surface area contributed by atoms with Crippen LogP contribution in [-0.4, -0.2) is 57.6 Å². The average Bonchev–Trinajstić information content (AvgIpc) is 3.30. The molecule has 0 bridgehead atoms. The second-order valence-corrected chi connectivity index (χ2v) is 12.1. The molecular weight excluding hydrogens is 583 g/mol.